The molecule has 1 aromatic rings. The second kappa shape index (κ2) is 6.81. The van der Waals surface area contributed by atoms with Gasteiger partial charge in [0, 0.05) is 37.2 Å². The molecule has 4 rings (SSSR count). The second-order valence-electron chi connectivity index (χ2n) is 7.41. The molecule has 2 fully saturated rings. The Morgan fingerprint density at radius 1 is 1.23 bits per heavy atom. The van der Waals surface area contributed by atoms with Gasteiger partial charge in [0.25, 0.3) is 5.91 Å². The van der Waals surface area contributed by atoms with E-state index in [0.29, 0.717) is 30.6 Å². The van der Waals surface area contributed by atoms with E-state index < -0.39 is 6.04 Å². The van der Waals surface area contributed by atoms with Crippen molar-refractivity contribution < 1.29 is 14.4 Å². The van der Waals surface area contributed by atoms with Crippen molar-refractivity contribution in [2.75, 3.05) is 6.54 Å². The Hall–Kier alpha value is -2.25. The summed E-state index contributed by atoms with van der Waals surface area (Å²) in [7, 11) is 0. The first-order valence-corrected chi connectivity index (χ1v) is 9.26. The topological polar surface area (TPSA) is 90.5 Å². The third-order valence-corrected chi connectivity index (χ3v) is 5.68. The molecule has 26 heavy (non-hydrogen) atoms. The summed E-state index contributed by atoms with van der Waals surface area (Å²) in [6.07, 6.45) is 1.79. The minimum absolute atomic E-state index is 0.123. The number of rotatable bonds is 4. The lowest BCUT2D eigenvalue weighted by Crippen LogP contribution is -2.52. The maximum Gasteiger partial charge on any atom is 0.255 e. The smallest absolute Gasteiger partial charge is 0.255 e. The molecule has 0 aliphatic carbocycles. The van der Waals surface area contributed by atoms with Crippen molar-refractivity contribution in [1.82, 2.24) is 20.9 Å². The molecule has 1 unspecified atom stereocenters. The highest BCUT2D eigenvalue weighted by Gasteiger charge is 2.39. The number of benzene rings is 1. The van der Waals surface area contributed by atoms with E-state index >= 15 is 0 Å². The zero-order chi connectivity index (χ0) is 18.3. The van der Waals surface area contributed by atoms with Gasteiger partial charge in [-0.1, -0.05) is 12.1 Å². The summed E-state index contributed by atoms with van der Waals surface area (Å²) in [5.41, 5.74) is 2.76. The molecule has 0 aromatic heterocycles. The van der Waals surface area contributed by atoms with Crippen LogP contribution in [-0.4, -0.2) is 47.3 Å². The molecule has 0 spiro atoms. The lowest BCUT2D eigenvalue weighted by molar-refractivity contribution is -0.136. The van der Waals surface area contributed by atoms with Crippen LogP contribution in [0.2, 0.25) is 0 Å². The van der Waals surface area contributed by atoms with E-state index in [4.69, 9.17) is 0 Å². The fraction of sp³-hybridized carbons (Fsp3) is 0.526. The number of carbonyl (C=O) groups is 3. The largest absolute Gasteiger partial charge is 0.322 e. The van der Waals surface area contributed by atoms with Crippen LogP contribution in [0.4, 0.5) is 0 Å². The van der Waals surface area contributed by atoms with Crippen LogP contribution in [-0.2, 0) is 22.7 Å². The Bertz CT molecular complexity index is 763. The van der Waals surface area contributed by atoms with Gasteiger partial charge in [0.2, 0.25) is 11.8 Å². The van der Waals surface area contributed by atoms with Crippen molar-refractivity contribution in [2.24, 2.45) is 0 Å². The van der Waals surface area contributed by atoms with Crippen molar-refractivity contribution in [2.45, 2.75) is 57.4 Å². The highest BCUT2D eigenvalue weighted by atomic mass is 16.2. The van der Waals surface area contributed by atoms with Crippen molar-refractivity contribution in [3.05, 3.63) is 34.9 Å². The summed E-state index contributed by atoms with van der Waals surface area (Å²) in [5, 5.41) is 9.33. The van der Waals surface area contributed by atoms with Crippen LogP contribution < -0.4 is 16.0 Å². The number of nitrogens with zero attached hydrogens (tertiary/aromatic N) is 1. The fourth-order valence-electron chi connectivity index (χ4n) is 4.12. The molecule has 3 aliphatic heterocycles. The Balaban J connectivity index is 1.44. The molecule has 3 heterocycles. The summed E-state index contributed by atoms with van der Waals surface area (Å²) in [4.78, 5) is 37.7. The van der Waals surface area contributed by atoms with Gasteiger partial charge < -0.3 is 15.5 Å². The number of fused-ring (bicyclic) bond motifs is 1. The molecule has 3 atom stereocenters. The number of amides is 3. The Kier molecular flexibility index (Phi) is 4.50. The van der Waals surface area contributed by atoms with Gasteiger partial charge in [-0.3, -0.25) is 19.7 Å². The third-order valence-electron chi connectivity index (χ3n) is 5.68. The van der Waals surface area contributed by atoms with Crippen LogP contribution in [0.1, 0.15) is 47.7 Å². The molecule has 0 radical (unpaired) electrons. The number of hydrogen-bond acceptors (Lipinski definition) is 5. The summed E-state index contributed by atoms with van der Waals surface area (Å²) in [6, 6.07) is 6.26. The van der Waals surface area contributed by atoms with Gasteiger partial charge >= 0.3 is 0 Å². The van der Waals surface area contributed by atoms with E-state index in [-0.39, 0.29) is 24.1 Å². The average molecular weight is 356 g/mol. The zero-order valence-electron chi connectivity index (χ0n) is 14.9. The van der Waals surface area contributed by atoms with Gasteiger partial charge in [-0.05, 0) is 43.5 Å². The van der Waals surface area contributed by atoms with Crippen LogP contribution in [0, 0.1) is 0 Å². The van der Waals surface area contributed by atoms with Crippen molar-refractivity contribution in [3.63, 3.8) is 0 Å². The molecule has 7 heteroatoms. The summed E-state index contributed by atoms with van der Waals surface area (Å²) < 4.78 is 0. The molecular weight excluding hydrogens is 332 g/mol. The minimum atomic E-state index is -0.556. The Morgan fingerprint density at radius 2 is 2.08 bits per heavy atom. The maximum atomic E-state index is 12.7. The van der Waals surface area contributed by atoms with Gasteiger partial charge in [0.15, 0.2) is 0 Å². The zero-order valence-corrected chi connectivity index (χ0v) is 14.9. The third kappa shape index (κ3) is 3.12. The SMILES string of the molecule is C[C@H]1NCC[C@@H]1NCc1ccc2c(c1)CN(C1CCC(=O)NC1=O)C2=O. The van der Waals surface area contributed by atoms with Gasteiger partial charge in [-0.2, -0.15) is 0 Å². The maximum absolute atomic E-state index is 12.7. The summed E-state index contributed by atoms with van der Waals surface area (Å²) in [5.74, 6) is -0.756. The van der Waals surface area contributed by atoms with Crippen LogP contribution >= 0.6 is 0 Å². The van der Waals surface area contributed by atoms with Gasteiger partial charge in [0.05, 0.1) is 0 Å². The lowest BCUT2D eigenvalue weighted by Gasteiger charge is -2.29. The molecule has 138 valence electrons. The standard InChI is InChI=1S/C19H24N4O3/c1-11-15(6-7-20-11)21-9-12-2-3-14-13(8-12)10-23(19(14)26)16-4-5-17(24)22-18(16)25/h2-3,8,11,15-16,20-21H,4-7,9-10H2,1H3,(H,22,24,25)/t11-,15+,16?/m1/s1. The predicted molar refractivity (Wildman–Crippen MR) is 95.2 cm³/mol. The quantitative estimate of drug-likeness (QED) is 0.675. The van der Waals surface area contributed by atoms with Gasteiger partial charge in [0.1, 0.15) is 6.04 Å². The number of carbonyl (C=O) groups excluding carboxylic acids is 3. The minimum Gasteiger partial charge on any atom is -0.322 e. The summed E-state index contributed by atoms with van der Waals surface area (Å²) >= 11 is 0. The first kappa shape index (κ1) is 17.2. The van der Waals surface area contributed by atoms with Crippen molar-refractivity contribution in [3.8, 4) is 0 Å². The van der Waals surface area contributed by atoms with Crippen molar-refractivity contribution >= 4 is 17.7 Å². The molecule has 7 nitrogen and oxygen atoms in total. The van der Waals surface area contributed by atoms with E-state index in [1.165, 1.54) is 0 Å². The van der Waals surface area contributed by atoms with Gasteiger partial charge in [-0.25, -0.2) is 0 Å². The van der Waals surface area contributed by atoms with E-state index in [1.807, 2.05) is 12.1 Å². The van der Waals surface area contributed by atoms with Gasteiger partial charge in [-0.15, -0.1) is 0 Å². The normalized spacial score (nSPS) is 28.4. The van der Waals surface area contributed by atoms with E-state index in [2.05, 4.69) is 28.9 Å². The van der Waals surface area contributed by atoms with E-state index in [1.54, 1.807) is 4.90 Å². The van der Waals surface area contributed by atoms with Crippen LogP contribution in [0.25, 0.3) is 0 Å². The molecule has 3 amide bonds. The van der Waals surface area contributed by atoms with Crippen LogP contribution in [0.15, 0.2) is 18.2 Å². The number of nitrogens with one attached hydrogen (secondary N) is 3. The molecule has 1 aromatic carbocycles. The number of piperidine rings is 1. The number of imide groups is 1. The second-order valence-corrected chi connectivity index (χ2v) is 7.41. The monoisotopic (exact) mass is 356 g/mol. The van der Waals surface area contributed by atoms with E-state index in [9.17, 15) is 14.4 Å². The fourth-order valence-corrected chi connectivity index (χ4v) is 4.12. The molecule has 2 saturated heterocycles. The Morgan fingerprint density at radius 3 is 2.81 bits per heavy atom. The summed E-state index contributed by atoms with van der Waals surface area (Å²) in [6.45, 7) is 4.41. The first-order valence-electron chi connectivity index (χ1n) is 9.26. The Labute approximate surface area is 152 Å². The lowest BCUT2D eigenvalue weighted by atomic mass is 10.0. The van der Waals surface area contributed by atoms with Crippen LogP contribution in [0.5, 0.6) is 0 Å². The van der Waals surface area contributed by atoms with Crippen LogP contribution in [0.3, 0.4) is 0 Å². The number of hydrogen-bond donors (Lipinski definition) is 3. The highest BCUT2D eigenvalue weighted by Crippen LogP contribution is 2.28. The van der Waals surface area contributed by atoms with E-state index in [0.717, 1.165) is 30.6 Å². The molecule has 0 saturated carbocycles. The van der Waals surface area contributed by atoms with Crippen molar-refractivity contribution in [1.29, 1.82) is 0 Å². The molecular formula is C19H24N4O3. The molecule has 0 bridgehead atoms. The highest BCUT2D eigenvalue weighted by molar-refractivity contribution is 6.05. The molecule has 3 aliphatic rings. The molecule has 3 N–H and O–H groups in total. The average Bonchev–Trinajstić information content (AvgIpc) is 3.16. The first-order chi connectivity index (χ1) is 12.5. The predicted octanol–water partition coefficient (Wildman–Crippen LogP) is 0.288.